The Balaban J connectivity index is 1.97. The predicted molar refractivity (Wildman–Crippen MR) is 78.4 cm³/mol. The molecule has 0 fully saturated rings. The number of para-hydroxylation sites is 1. The first-order valence-electron chi connectivity index (χ1n) is 5.59. The number of amides is 1. The van der Waals surface area contributed by atoms with Crippen LogP contribution in [0, 0.1) is 0 Å². The van der Waals surface area contributed by atoms with E-state index in [-0.39, 0.29) is 0 Å². The van der Waals surface area contributed by atoms with E-state index < -0.39 is 6.09 Å². The molecule has 4 nitrogen and oxygen atoms in total. The van der Waals surface area contributed by atoms with Crippen molar-refractivity contribution >= 4 is 29.0 Å². The summed E-state index contributed by atoms with van der Waals surface area (Å²) < 4.78 is 5.10. The van der Waals surface area contributed by atoms with Crippen LogP contribution in [0.4, 0.5) is 10.5 Å². The normalized spacial score (nSPS) is 9.68. The molecule has 0 aliphatic carbocycles. The van der Waals surface area contributed by atoms with Gasteiger partial charge in [-0.15, -0.1) is 0 Å². The molecule has 2 aromatic rings. The Hall–Kier alpha value is -2.40. The predicted octanol–water partition coefficient (Wildman–Crippen LogP) is 2.93. The lowest BCUT2D eigenvalue weighted by molar-refractivity contribution is 0.215. The Morgan fingerprint density at radius 2 is 1.68 bits per heavy atom. The second-order valence-electron chi connectivity index (χ2n) is 3.77. The largest absolute Gasteiger partial charge is 0.417 e. The molecule has 0 radical (unpaired) electrons. The third kappa shape index (κ3) is 3.79. The van der Waals surface area contributed by atoms with Crippen LogP contribution in [0.1, 0.15) is 5.56 Å². The summed E-state index contributed by atoms with van der Waals surface area (Å²) in [6, 6.07) is 15.7. The van der Waals surface area contributed by atoms with Gasteiger partial charge in [0.2, 0.25) is 0 Å². The first-order chi connectivity index (χ1) is 9.15. The van der Waals surface area contributed by atoms with Crippen molar-refractivity contribution in [2.45, 2.75) is 0 Å². The second kappa shape index (κ2) is 5.97. The Labute approximate surface area is 116 Å². The maximum atomic E-state index is 11.6. The zero-order valence-electron chi connectivity index (χ0n) is 10.00. The highest BCUT2D eigenvalue weighted by Gasteiger charge is 2.04. The van der Waals surface area contributed by atoms with Gasteiger partial charge in [0.1, 0.15) is 10.7 Å². The molecule has 0 aromatic heterocycles. The smallest absolute Gasteiger partial charge is 0.410 e. The monoisotopic (exact) mass is 272 g/mol. The molecule has 5 heteroatoms. The first-order valence-corrected chi connectivity index (χ1v) is 6.00. The first kappa shape index (κ1) is 13.0. The van der Waals surface area contributed by atoms with Gasteiger partial charge in [-0.05, 0) is 36.4 Å². The average molecular weight is 272 g/mol. The van der Waals surface area contributed by atoms with E-state index in [0.29, 0.717) is 16.4 Å². The quantitative estimate of drug-likeness (QED) is 0.843. The Bertz CT molecular complexity index is 582. The van der Waals surface area contributed by atoms with Gasteiger partial charge in [0.25, 0.3) is 0 Å². The van der Waals surface area contributed by atoms with Gasteiger partial charge in [0.15, 0.2) is 0 Å². The summed E-state index contributed by atoms with van der Waals surface area (Å²) in [6.07, 6.45) is -0.547. The van der Waals surface area contributed by atoms with E-state index in [1.807, 2.05) is 6.07 Å². The second-order valence-corrected chi connectivity index (χ2v) is 4.21. The van der Waals surface area contributed by atoms with Crippen molar-refractivity contribution in [1.29, 1.82) is 0 Å². The van der Waals surface area contributed by atoms with Gasteiger partial charge < -0.3 is 10.5 Å². The minimum Gasteiger partial charge on any atom is -0.410 e. The molecule has 2 aromatic carbocycles. The highest BCUT2D eigenvalue weighted by molar-refractivity contribution is 7.80. The number of nitrogens with two attached hydrogens (primary N) is 1. The van der Waals surface area contributed by atoms with Crippen LogP contribution in [0.25, 0.3) is 0 Å². The molecule has 0 heterocycles. The Kier molecular flexibility index (Phi) is 4.10. The Morgan fingerprint density at radius 3 is 2.26 bits per heavy atom. The number of hydrogen-bond donors (Lipinski definition) is 2. The summed E-state index contributed by atoms with van der Waals surface area (Å²) in [6.45, 7) is 0. The molecule has 0 saturated heterocycles. The summed E-state index contributed by atoms with van der Waals surface area (Å²) >= 11 is 4.85. The van der Waals surface area contributed by atoms with Crippen LogP contribution >= 0.6 is 12.2 Å². The number of anilines is 1. The van der Waals surface area contributed by atoms with E-state index in [0.717, 1.165) is 5.56 Å². The molecule has 0 unspecified atom stereocenters. The number of ether oxygens (including phenoxy) is 1. The van der Waals surface area contributed by atoms with E-state index in [9.17, 15) is 4.79 Å². The number of nitrogens with one attached hydrogen (secondary N) is 1. The maximum Gasteiger partial charge on any atom is 0.417 e. The number of benzene rings is 2. The summed E-state index contributed by atoms with van der Waals surface area (Å²) in [5.41, 5.74) is 6.85. The zero-order chi connectivity index (χ0) is 13.7. The fraction of sp³-hybridized carbons (Fsp3) is 0. The molecule has 0 atom stereocenters. The van der Waals surface area contributed by atoms with Gasteiger partial charge in [0, 0.05) is 11.3 Å². The lowest BCUT2D eigenvalue weighted by Gasteiger charge is -2.07. The van der Waals surface area contributed by atoms with Crippen LogP contribution in [-0.2, 0) is 0 Å². The minimum absolute atomic E-state index is 0.318. The minimum atomic E-state index is -0.547. The van der Waals surface area contributed by atoms with Crippen molar-refractivity contribution in [1.82, 2.24) is 0 Å². The fourth-order valence-corrected chi connectivity index (χ4v) is 1.59. The molecule has 0 spiro atoms. The van der Waals surface area contributed by atoms with Crippen LogP contribution in [0.5, 0.6) is 5.75 Å². The van der Waals surface area contributed by atoms with E-state index in [4.69, 9.17) is 22.7 Å². The highest BCUT2D eigenvalue weighted by atomic mass is 32.1. The number of thiocarbonyl (C=S) groups is 1. The third-order valence-corrected chi connectivity index (χ3v) is 2.61. The van der Waals surface area contributed by atoms with Gasteiger partial charge in [-0.25, -0.2) is 4.79 Å². The van der Waals surface area contributed by atoms with Crippen molar-refractivity contribution in [3.63, 3.8) is 0 Å². The van der Waals surface area contributed by atoms with Gasteiger partial charge in [-0.3, -0.25) is 5.32 Å². The number of carbonyl (C=O) groups excluding carboxylic acids is 1. The van der Waals surface area contributed by atoms with Gasteiger partial charge in [0.05, 0.1) is 0 Å². The summed E-state index contributed by atoms with van der Waals surface area (Å²) in [4.78, 5) is 11.9. The summed E-state index contributed by atoms with van der Waals surface area (Å²) in [5.74, 6) is 0.486. The SMILES string of the molecule is NC(=S)c1ccc(NC(=O)Oc2ccccc2)cc1. The number of carbonyl (C=O) groups is 1. The maximum absolute atomic E-state index is 11.6. The van der Waals surface area contributed by atoms with Crippen molar-refractivity contribution in [2.75, 3.05) is 5.32 Å². The topological polar surface area (TPSA) is 64.3 Å². The van der Waals surface area contributed by atoms with Gasteiger partial charge in [-0.1, -0.05) is 30.4 Å². The van der Waals surface area contributed by atoms with Crippen LogP contribution in [0.2, 0.25) is 0 Å². The number of rotatable bonds is 3. The molecular weight excluding hydrogens is 260 g/mol. The van der Waals surface area contributed by atoms with Crippen molar-refractivity contribution in [3.05, 3.63) is 60.2 Å². The molecule has 0 aliphatic heterocycles. The molecule has 19 heavy (non-hydrogen) atoms. The van der Waals surface area contributed by atoms with Crippen molar-refractivity contribution in [2.24, 2.45) is 5.73 Å². The van der Waals surface area contributed by atoms with Crippen molar-refractivity contribution in [3.8, 4) is 5.75 Å². The highest BCUT2D eigenvalue weighted by Crippen LogP contribution is 2.12. The molecule has 1 amide bonds. The third-order valence-electron chi connectivity index (χ3n) is 2.37. The molecular formula is C14H12N2O2S. The van der Waals surface area contributed by atoms with E-state index in [2.05, 4.69) is 5.32 Å². The standard InChI is InChI=1S/C14H12N2O2S/c15-13(19)10-6-8-11(9-7-10)16-14(17)18-12-4-2-1-3-5-12/h1-9H,(H2,15,19)(H,16,17). The van der Waals surface area contributed by atoms with Crippen LogP contribution < -0.4 is 15.8 Å². The lowest BCUT2D eigenvalue weighted by Crippen LogP contribution is -2.17. The van der Waals surface area contributed by atoms with Crippen LogP contribution in [0.3, 0.4) is 0 Å². The summed E-state index contributed by atoms with van der Waals surface area (Å²) in [5, 5.41) is 2.61. The molecule has 0 saturated carbocycles. The molecule has 96 valence electrons. The van der Waals surface area contributed by atoms with Crippen LogP contribution in [-0.4, -0.2) is 11.1 Å². The zero-order valence-corrected chi connectivity index (χ0v) is 10.8. The molecule has 0 aliphatic rings. The van der Waals surface area contributed by atoms with E-state index >= 15 is 0 Å². The molecule has 0 bridgehead atoms. The fourth-order valence-electron chi connectivity index (χ4n) is 1.46. The molecule has 2 rings (SSSR count). The van der Waals surface area contributed by atoms with Crippen LogP contribution in [0.15, 0.2) is 54.6 Å². The van der Waals surface area contributed by atoms with Gasteiger partial charge in [-0.2, -0.15) is 0 Å². The van der Waals surface area contributed by atoms with Crippen molar-refractivity contribution < 1.29 is 9.53 Å². The lowest BCUT2D eigenvalue weighted by atomic mass is 10.2. The number of hydrogen-bond acceptors (Lipinski definition) is 3. The molecule has 3 N–H and O–H groups in total. The average Bonchev–Trinajstić information content (AvgIpc) is 2.40. The summed E-state index contributed by atoms with van der Waals surface area (Å²) in [7, 11) is 0. The van der Waals surface area contributed by atoms with Gasteiger partial charge >= 0.3 is 6.09 Å². The Morgan fingerprint density at radius 1 is 1.05 bits per heavy atom. The van der Waals surface area contributed by atoms with E-state index in [1.165, 1.54) is 0 Å². The van der Waals surface area contributed by atoms with E-state index in [1.54, 1.807) is 48.5 Å².